The van der Waals surface area contributed by atoms with E-state index in [1.807, 2.05) is 18.2 Å². The lowest BCUT2D eigenvalue weighted by molar-refractivity contribution is 0.304. The number of ether oxygens (including phenoxy) is 1. The van der Waals surface area contributed by atoms with Gasteiger partial charge in [-0.25, -0.2) is 4.98 Å². The van der Waals surface area contributed by atoms with Crippen LogP contribution in [0.25, 0.3) is 10.2 Å². The maximum atomic E-state index is 5.79. The van der Waals surface area contributed by atoms with Gasteiger partial charge in [0, 0.05) is 0 Å². The molecule has 0 fully saturated rings. The number of nitrogens with two attached hydrogens (primary N) is 1. The fourth-order valence-electron chi connectivity index (χ4n) is 2.26. The molecule has 0 unspecified atom stereocenters. The Kier molecular flexibility index (Phi) is 6.12. The zero-order chi connectivity index (χ0) is 14.2. The summed E-state index contributed by atoms with van der Waals surface area (Å²) in [5.74, 6) is 0.923. The van der Waals surface area contributed by atoms with Crippen molar-refractivity contribution in [1.29, 1.82) is 0 Å². The van der Waals surface area contributed by atoms with Crippen molar-refractivity contribution in [3.8, 4) is 5.75 Å². The summed E-state index contributed by atoms with van der Waals surface area (Å²) < 4.78 is 6.89. The molecule has 3 nitrogen and oxygen atoms in total. The quantitative estimate of drug-likeness (QED) is 0.661. The van der Waals surface area contributed by atoms with E-state index in [4.69, 9.17) is 10.5 Å². The van der Waals surface area contributed by atoms with Gasteiger partial charge in [-0.2, -0.15) is 0 Å². The average molecular weight is 292 g/mol. The van der Waals surface area contributed by atoms with Gasteiger partial charge in [0.1, 0.15) is 5.75 Å². The van der Waals surface area contributed by atoms with Crippen molar-refractivity contribution >= 4 is 26.7 Å². The Morgan fingerprint density at radius 3 is 2.65 bits per heavy atom. The van der Waals surface area contributed by atoms with Gasteiger partial charge in [0.15, 0.2) is 5.13 Å². The number of rotatable bonds is 9. The monoisotopic (exact) mass is 292 g/mol. The van der Waals surface area contributed by atoms with E-state index >= 15 is 0 Å². The second-order valence-corrected chi connectivity index (χ2v) is 6.21. The molecule has 0 saturated heterocycles. The van der Waals surface area contributed by atoms with Gasteiger partial charge in [-0.1, -0.05) is 56.8 Å². The topological polar surface area (TPSA) is 48.1 Å². The van der Waals surface area contributed by atoms with Gasteiger partial charge in [-0.15, -0.1) is 0 Å². The summed E-state index contributed by atoms with van der Waals surface area (Å²) in [6, 6.07) is 5.98. The van der Waals surface area contributed by atoms with Gasteiger partial charge < -0.3 is 10.5 Å². The van der Waals surface area contributed by atoms with Crippen LogP contribution in [-0.2, 0) is 0 Å². The van der Waals surface area contributed by atoms with Crippen LogP contribution in [0, 0.1) is 0 Å². The Bertz CT molecular complexity index is 524. The molecule has 0 radical (unpaired) electrons. The van der Waals surface area contributed by atoms with Gasteiger partial charge >= 0.3 is 0 Å². The molecule has 110 valence electrons. The standard InChI is InChI=1S/C16H24N2OS/c1-2-3-4-5-6-7-8-11-19-13-9-10-14-15(12-13)20-16(17)18-14/h9-10,12H,2-8,11H2,1H3,(H2,17,18). The summed E-state index contributed by atoms with van der Waals surface area (Å²) in [7, 11) is 0. The molecule has 0 atom stereocenters. The molecule has 20 heavy (non-hydrogen) atoms. The van der Waals surface area contributed by atoms with Gasteiger partial charge in [0.05, 0.1) is 16.8 Å². The fourth-order valence-corrected chi connectivity index (χ4v) is 3.02. The molecule has 0 spiro atoms. The van der Waals surface area contributed by atoms with E-state index in [0.29, 0.717) is 5.13 Å². The summed E-state index contributed by atoms with van der Waals surface area (Å²) in [4.78, 5) is 4.24. The number of nitrogen functional groups attached to an aromatic ring is 1. The Hall–Kier alpha value is -1.29. The largest absolute Gasteiger partial charge is 0.494 e. The van der Waals surface area contributed by atoms with Crippen LogP contribution in [0.5, 0.6) is 5.75 Å². The van der Waals surface area contributed by atoms with Crippen molar-refractivity contribution in [1.82, 2.24) is 4.98 Å². The zero-order valence-corrected chi connectivity index (χ0v) is 13.0. The number of nitrogens with zero attached hydrogens (tertiary/aromatic N) is 1. The lowest BCUT2D eigenvalue weighted by Crippen LogP contribution is -1.97. The molecular weight excluding hydrogens is 268 g/mol. The van der Waals surface area contributed by atoms with Crippen LogP contribution in [-0.4, -0.2) is 11.6 Å². The van der Waals surface area contributed by atoms with Gasteiger partial charge in [-0.05, 0) is 24.6 Å². The third kappa shape index (κ3) is 4.67. The molecule has 1 aromatic carbocycles. The van der Waals surface area contributed by atoms with Crippen LogP contribution < -0.4 is 10.5 Å². The molecule has 0 aliphatic heterocycles. The van der Waals surface area contributed by atoms with Crippen molar-refractivity contribution in [2.45, 2.75) is 51.9 Å². The minimum absolute atomic E-state index is 0.615. The highest BCUT2D eigenvalue weighted by Gasteiger charge is 2.02. The second kappa shape index (κ2) is 8.10. The number of benzene rings is 1. The Morgan fingerprint density at radius 2 is 1.85 bits per heavy atom. The van der Waals surface area contributed by atoms with Crippen molar-refractivity contribution < 1.29 is 4.74 Å². The predicted octanol–water partition coefficient (Wildman–Crippen LogP) is 5.01. The number of anilines is 1. The minimum Gasteiger partial charge on any atom is -0.494 e. The molecule has 0 saturated carbocycles. The van der Waals surface area contributed by atoms with E-state index in [0.717, 1.165) is 29.0 Å². The number of hydrogen-bond acceptors (Lipinski definition) is 4. The van der Waals surface area contributed by atoms with E-state index in [1.165, 1.54) is 49.9 Å². The normalized spacial score (nSPS) is 11.1. The highest BCUT2D eigenvalue weighted by atomic mass is 32.1. The van der Waals surface area contributed by atoms with Crippen molar-refractivity contribution in [3.63, 3.8) is 0 Å². The molecule has 2 N–H and O–H groups in total. The predicted molar refractivity (Wildman–Crippen MR) is 87.5 cm³/mol. The molecule has 2 rings (SSSR count). The Balaban J connectivity index is 1.65. The van der Waals surface area contributed by atoms with E-state index < -0.39 is 0 Å². The lowest BCUT2D eigenvalue weighted by atomic mass is 10.1. The molecule has 2 aromatic rings. The van der Waals surface area contributed by atoms with Crippen molar-refractivity contribution in [2.24, 2.45) is 0 Å². The molecule has 0 aliphatic rings. The fraction of sp³-hybridized carbons (Fsp3) is 0.562. The van der Waals surface area contributed by atoms with E-state index in [9.17, 15) is 0 Å². The summed E-state index contributed by atoms with van der Waals surface area (Å²) in [6.07, 6.45) is 9.14. The highest BCUT2D eigenvalue weighted by molar-refractivity contribution is 7.22. The maximum Gasteiger partial charge on any atom is 0.181 e. The third-order valence-electron chi connectivity index (χ3n) is 3.39. The number of aromatic nitrogens is 1. The maximum absolute atomic E-state index is 5.79. The van der Waals surface area contributed by atoms with Crippen LogP contribution in [0.2, 0.25) is 0 Å². The van der Waals surface area contributed by atoms with Crippen molar-refractivity contribution in [2.75, 3.05) is 12.3 Å². The van der Waals surface area contributed by atoms with E-state index in [1.54, 1.807) is 0 Å². The molecule has 1 heterocycles. The van der Waals surface area contributed by atoms with Gasteiger partial charge in [-0.3, -0.25) is 0 Å². The highest BCUT2D eigenvalue weighted by Crippen LogP contribution is 2.27. The van der Waals surface area contributed by atoms with Crippen LogP contribution in [0.15, 0.2) is 18.2 Å². The average Bonchev–Trinajstić information content (AvgIpc) is 2.81. The number of hydrogen-bond donors (Lipinski definition) is 1. The molecule has 4 heteroatoms. The van der Waals surface area contributed by atoms with E-state index in [2.05, 4.69) is 11.9 Å². The first-order chi connectivity index (χ1) is 9.79. The van der Waals surface area contributed by atoms with E-state index in [-0.39, 0.29) is 0 Å². The number of fused-ring (bicyclic) bond motifs is 1. The first-order valence-corrected chi connectivity index (χ1v) is 8.40. The summed E-state index contributed by atoms with van der Waals surface area (Å²) >= 11 is 1.51. The zero-order valence-electron chi connectivity index (χ0n) is 12.2. The first kappa shape index (κ1) is 15.1. The third-order valence-corrected chi connectivity index (χ3v) is 4.24. The van der Waals surface area contributed by atoms with Gasteiger partial charge in [0.25, 0.3) is 0 Å². The summed E-state index contributed by atoms with van der Waals surface area (Å²) in [5, 5.41) is 0.615. The molecular formula is C16H24N2OS. The number of unbranched alkanes of at least 4 members (excludes halogenated alkanes) is 6. The van der Waals surface area contributed by atoms with Crippen LogP contribution in [0.4, 0.5) is 5.13 Å². The first-order valence-electron chi connectivity index (χ1n) is 7.58. The molecule has 0 amide bonds. The smallest absolute Gasteiger partial charge is 0.181 e. The number of thiazole rings is 1. The minimum atomic E-state index is 0.615. The van der Waals surface area contributed by atoms with Crippen molar-refractivity contribution in [3.05, 3.63) is 18.2 Å². The van der Waals surface area contributed by atoms with Crippen LogP contribution >= 0.6 is 11.3 Å². The Labute approximate surface area is 125 Å². The summed E-state index contributed by atoms with van der Waals surface area (Å²) in [5.41, 5.74) is 6.65. The Morgan fingerprint density at radius 1 is 1.10 bits per heavy atom. The summed E-state index contributed by atoms with van der Waals surface area (Å²) in [6.45, 7) is 3.05. The SMILES string of the molecule is CCCCCCCCCOc1ccc2nc(N)sc2c1. The lowest BCUT2D eigenvalue weighted by Gasteiger charge is -2.06. The molecule has 0 bridgehead atoms. The second-order valence-electron chi connectivity index (χ2n) is 5.15. The van der Waals surface area contributed by atoms with Gasteiger partial charge in [0.2, 0.25) is 0 Å². The van der Waals surface area contributed by atoms with Crippen LogP contribution in [0.3, 0.4) is 0 Å². The van der Waals surface area contributed by atoms with Crippen LogP contribution in [0.1, 0.15) is 51.9 Å². The molecule has 0 aliphatic carbocycles. The molecule has 1 aromatic heterocycles.